The first-order valence-electron chi connectivity index (χ1n) is 8.52. The zero-order chi connectivity index (χ0) is 17.5. The summed E-state index contributed by atoms with van der Waals surface area (Å²) in [5.41, 5.74) is 2.12. The first-order chi connectivity index (χ1) is 11.5. The van der Waals surface area contributed by atoms with Crippen molar-refractivity contribution >= 4 is 11.7 Å². The summed E-state index contributed by atoms with van der Waals surface area (Å²) in [5, 5.41) is 0. The lowest BCUT2D eigenvalue weighted by molar-refractivity contribution is -0.841. The summed E-state index contributed by atoms with van der Waals surface area (Å²) in [4.78, 5) is 24.5. The number of carbonyl (C=O) groups excluding carboxylic acids is 1. The van der Waals surface area contributed by atoms with Gasteiger partial charge in [-0.15, -0.1) is 0 Å². The monoisotopic (exact) mass is 327 g/mol. The molecule has 2 rings (SSSR count). The molecule has 1 N–H and O–H groups in total. The Balaban J connectivity index is 2.28. The van der Waals surface area contributed by atoms with E-state index in [4.69, 9.17) is 0 Å². The number of nitrogens with zero attached hydrogens (tertiary/aromatic N) is 3. The first kappa shape index (κ1) is 18.1. The number of amides is 1. The maximum atomic E-state index is 12.6. The number of rotatable bonds is 7. The van der Waals surface area contributed by atoms with Crippen molar-refractivity contribution in [1.82, 2.24) is 14.9 Å². The molecule has 0 radical (unpaired) electrons. The van der Waals surface area contributed by atoms with Crippen molar-refractivity contribution in [3.8, 4) is 0 Å². The highest BCUT2D eigenvalue weighted by Gasteiger charge is 2.22. The van der Waals surface area contributed by atoms with Crippen LogP contribution in [0.5, 0.6) is 0 Å². The summed E-state index contributed by atoms with van der Waals surface area (Å²) in [6.07, 6.45) is 0. The molecule has 1 aromatic heterocycles. The highest BCUT2D eigenvalue weighted by atomic mass is 16.2. The van der Waals surface area contributed by atoms with Gasteiger partial charge in [-0.25, -0.2) is 4.98 Å². The molecule has 0 fully saturated rings. The molecular formula is C19H27N4O+. The Morgan fingerprint density at radius 2 is 1.75 bits per heavy atom. The van der Waals surface area contributed by atoms with Crippen LogP contribution in [0.15, 0.2) is 36.4 Å². The third kappa shape index (κ3) is 4.86. The van der Waals surface area contributed by atoms with Crippen LogP contribution in [-0.4, -0.2) is 40.4 Å². The molecule has 0 aliphatic carbocycles. The van der Waals surface area contributed by atoms with Gasteiger partial charge in [-0.3, -0.25) is 9.69 Å². The lowest BCUT2D eigenvalue weighted by Gasteiger charge is -2.23. The molecule has 0 bridgehead atoms. The Bertz CT molecular complexity index is 648. The second-order valence-electron chi connectivity index (χ2n) is 5.95. The van der Waals surface area contributed by atoms with Crippen molar-refractivity contribution in [2.24, 2.45) is 0 Å². The summed E-state index contributed by atoms with van der Waals surface area (Å²) in [5.74, 6) is 1.77. The first-order valence-corrected chi connectivity index (χ1v) is 8.52. The Morgan fingerprint density at radius 1 is 1.08 bits per heavy atom. The average molecular weight is 327 g/mol. The number of hydrogen-bond acceptors (Lipinski definition) is 3. The molecule has 1 amide bonds. The molecule has 5 heteroatoms. The third-order valence-electron chi connectivity index (χ3n) is 4.07. The van der Waals surface area contributed by atoms with Gasteiger partial charge in [-0.2, -0.15) is 4.98 Å². The molecule has 1 unspecified atom stereocenters. The Kier molecular flexibility index (Phi) is 6.44. The molecule has 24 heavy (non-hydrogen) atoms. The van der Waals surface area contributed by atoms with Crippen molar-refractivity contribution in [2.45, 2.75) is 34.2 Å². The SMILES string of the molecule is CCN(CC)C(=O)C[NH+](Cc1ccccc1)c1cc(C)nc(C)n1. The fourth-order valence-corrected chi connectivity index (χ4v) is 2.85. The molecule has 2 aromatic rings. The van der Waals surface area contributed by atoms with Gasteiger partial charge in [0.2, 0.25) is 5.82 Å². The van der Waals surface area contributed by atoms with E-state index in [-0.39, 0.29) is 5.91 Å². The number of likely N-dealkylation sites (N-methyl/N-ethyl adjacent to an activating group) is 1. The summed E-state index contributed by atoms with van der Waals surface area (Å²) >= 11 is 0. The van der Waals surface area contributed by atoms with Crippen LogP contribution in [-0.2, 0) is 11.3 Å². The molecule has 0 saturated carbocycles. The molecule has 1 aromatic carbocycles. The number of benzene rings is 1. The molecule has 0 aliphatic heterocycles. The molecule has 1 heterocycles. The van der Waals surface area contributed by atoms with E-state index in [1.807, 2.05) is 56.9 Å². The predicted octanol–water partition coefficient (Wildman–Crippen LogP) is 1.68. The number of aryl methyl sites for hydroxylation is 2. The van der Waals surface area contributed by atoms with Gasteiger partial charge in [-0.05, 0) is 27.7 Å². The van der Waals surface area contributed by atoms with Crippen molar-refractivity contribution in [3.05, 3.63) is 53.5 Å². The largest absolute Gasteiger partial charge is 0.338 e. The number of hydrogen-bond donors (Lipinski definition) is 1. The minimum Gasteiger partial charge on any atom is -0.338 e. The molecular weight excluding hydrogens is 300 g/mol. The molecule has 1 atom stereocenters. The minimum atomic E-state index is 0.153. The van der Waals surface area contributed by atoms with E-state index in [9.17, 15) is 4.79 Å². The topological polar surface area (TPSA) is 50.5 Å². The van der Waals surface area contributed by atoms with E-state index in [0.717, 1.165) is 41.9 Å². The van der Waals surface area contributed by atoms with Crippen LogP contribution < -0.4 is 4.90 Å². The van der Waals surface area contributed by atoms with Crippen LogP contribution >= 0.6 is 0 Å². The van der Waals surface area contributed by atoms with Gasteiger partial charge in [0.1, 0.15) is 12.4 Å². The number of aromatic nitrogens is 2. The van der Waals surface area contributed by atoms with Crippen LogP contribution in [0.4, 0.5) is 5.82 Å². The molecule has 0 spiro atoms. The minimum absolute atomic E-state index is 0.153. The highest BCUT2D eigenvalue weighted by Crippen LogP contribution is 2.03. The Hall–Kier alpha value is -2.27. The van der Waals surface area contributed by atoms with Gasteiger partial charge in [0.05, 0.1) is 0 Å². The van der Waals surface area contributed by atoms with Gasteiger partial charge >= 0.3 is 0 Å². The second-order valence-corrected chi connectivity index (χ2v) is 5.95. The fourth-order valence-electron chi connectivity index (χ4n) is 2.85. The maximum Gasteiger partial charge on any atom is 0.278 e. The normalized spacial score (nSPS) is 12.0. The summed E-state index contributed by atoms with van der Waals surface area (Å²) in [6.45, 7) is 10.5. The lowest BCUT2D eigenvalue weighted by Crippen LogP contribution is -3.07. The van der Waals surface area contributed by atoms with Crippen LogP contribution in [0, 0.1) is 13.8 Å². The Labute approximate surface area is 144 Å². The number of nitrogens with one attached hydrogen (secondary N) is 1. The van der Waals surface area contributed by atoms with E-state index < -0.39 is 0 Å². The summed E-state index contributed by atoms with van der Waals surface area (Å²) < 4.78 is 0. The van der Waals surface area contributed by atoms with Crippen LogP contribution in [0.2, 0.25) is 0 Å². The summed E-state index contributed by atoms with van der Waals surface area (Å²) in [7, 11) is 0. The molecule has 5 nitrogen and oxygen atoms in total. The van der Waals surface area contributed by atoms with Crippen LogP contribution in [0.1, 0.15) is 30.9 Å². The molecule has 128 valence electrons. The predicted molar refractivity (Wildman–Crippen MR) is 95.1 cm³/mol. The van der Waals surface area contributed by atoms with Crippen molar-refractivity contribution in [1.29, 1.82) is 0 Å². The zero-order valence-electron chi connectivity index (χ0n) is 15.0. The fraction of sp³-hybridized carbons (Fsp3) is 0.421. The maximum absolute atomic E-state index is 12.6. The number of quaternary nitrogens is 1. The van der Waals surface area contributed by atoms with Gasteiger partial charge in [-0.1, -0.05) is 30.3 Å². The third-order valence-corrected chi connectivity index (χ3v) is 4.07. The average Bonchev–Trinajstić information content (AvgIpc) is 2.55. The molecule has 0 aliphatic rings. The van der Waals surface area contributed by atoms with E-state index in [1.165, 1.54) is 5.56 Å². The van der Waals surface area contributed by atoms with E-state index >= 15 is 0 Å². The van der Waals surface area contributed by atoms with Crippen LogP contribution in [0.25, 0.3) is 0 Å². The van der Waals surface area contributed by atoms with Gasteiger partial charge in [0.15, 0.2) is 6.54 Å². The van der Waals surface area contributed by atoms with Crippen molar-refractivity contribution in [3.63, 3.8) is 0 Å². The number of carbonyl (C=O) groups is 1. The highest BCUT2D eigenvalue weighted by molar-refractivity contribution is 5.77. The quantitative estimate of drug-likeness (QED) is 0.842. The summed E-state index contributed by atoms with van der Waals surface area (Å²) in [6, 6.07) is 12.2. The molecule has 0 saturated heterocycles. The van der Waals surface area contributed by atoms with Gasteiger partial charge in [0, 0.05) is 30.4 Å². The van der Waals surface area contributed by atoms with E-state index in [2.05, 4.69) is 22.1 Å². The van der Waals surface area contributed by atoms with Gasteiger partial charge < -0.3 is 4.90 Å². The lowest BCUT2D eigenvalue weighted by atomic mass is 10.2. The van der Waals surface area contributed by atoms with E-state index in [0.29, 0.717) is 6.54 Å². The van der Waals surface area contributed by atoms with Crippen LogP contribution in [0.3, 0.4) is 0 Å². The second kappa shape index (κ2) is 8.55. The Morgan fingerprint density at radius 3 is 2.33 bits per heavy atom. The smallest absolute Gasteiger partial charge is 0.278 e. The van der Waals surface area contributed by atoms with Crippen molar-refractivity contribution in [2.75, 3.05) is 19.6 Å². The van der Waals surface area contributed by atoms with E-state index in [1.54, 1.807) is 0 Å². The van der Waals surface area contributed by atoms with Crippen molar-refractivity contribution < 1.29 is 9.69 Å². The van der Waals surface area contributed by atoms with Gasteiger partial charge in [0.25, 0.3) is 5.91 Å². The zero-order valence-corrected chi connectivity index (χ0v) is 15.0. The standard InChI is InChI=1S/C19H26N4O/c1-5-22(6-2)19(24)14-23(13-17-10-8-7-9-11-17)18-12-15(3)20-16(4)21-18/h7-12H,5-6,13-14H2,1-4H3/p+1.